The van der Waals surface area contributed by atoms with Gasteiger partial charge in [0.1, 0.15) is 0 Å². The van der Waals surface area contributed by atoms with Gasteiger partial charge in [-0.25, -0.2) is 0 Å². The summed E-state index contributed by atoms with van der Waals surface area (Å²) in [5.41, 5.74) is 0. The van der Waals surface area contributed by atoms with E-state index in [2.05, 4.69) is 18.4 Å². The maximum absolute atomic E-state index is 12.3. The van der Waals surface area contributed by atoms with Crippen molar-refractivity contribution in [3.63, 3.8) is 0 Å². The molecule has 2 nitrogen and oxygen atoms in total. The molecular weight excluding hydrogens is 282 g/mol. The first-order valence-electron chi connectivity index (χ1n) is 6.29. The number of amides is 1. The van der Waals surface area contributed by atoms with Crippen LogP contribution in [0.4, 0.5) is 0 Å². The van der Waals surface area contributed by atoms with Gasteiger partial charge in [0, 0.05) is 40.4 Å². The number of thiophene rings is 1. The molecule has 0 N–H and O–H groups in total. The van der Waals surface area contributed by atoms with E-state index < -0.39 is 0 Å². The molecule has 1 fully saturated rings. The monoisotopic (exact) mass is 301 g/mol. The quantitative estimate of drug-likeness (QED) is 0.832. The van der Waals surface area contributed by atoms with E-state index in [-0.39, 0.29) is 0 Å². The molecule has 2 rings (SSSR count). The Morgan fingerprint density at radius 3 is 3.00 bits per heavy atom. The molecule has 1 aliphatic heterocycles. The van der Waals surface area contributed by atoms with E-state index in [1.807, 2.05) is 34.5 Å². The van der Waals surface area contributed by atoms with Crippen LogP contribution in [0.2, 0.25) is 0 Å². The van der Waals surface area contributed by atoms with Crippen molar-refractivity contribution < 1.29 is 4.79 Å². The Morgan fingerprint density at radius 2 is 2.39 bits per heavy atom. The van der Waals surface area contributed by atoms with Crippen LogP contribution in [-0.2, 0) is 11.3 Å². The van der Waals surface area contributed by atoms with Crippen LogP contribution in [-0.4, -0.2) is 39.9 Å². The lowest BCUT2D eigenvalue weighted by Gasteiger charge is -2.25. The standard InChI is InChI=1S/C13H19NOS3/c1-2-14(9-11-4-3-5-17-11)13(15)8-12-10-16-6-7-18-12/h3-5,12H,2,6-10H2,1H3/t12-/m1/s1. The van der Waals surface area contributed by atoms with Crippen molar-refractivity contribution >= 4 is 40.8 Å². The maximum atomic E-state index is 12.3. The highest BCUT2D eigenvalue weighted by molar-refractivity contribution is 8.06. The third-order valence-corrected chi connectivity index (χ3v) is 6.65. The van der Waals surface area contributed by atoms with Gasteiger partial charge in [-0.2, -0.15) is 23.5 Å². The van der Waals surface area contributed by atoms with E-state index in [0.717, 1.165) is 18.8 Å². The summed E-state index contributed by atoms with van der Waals surface area (Å²) in [6, 6.07) is 4.15. The second-order valence-electron chi connectivity index (χ2n) is 4.26. The van der Waals surface area contributed by atoms with E-state index in [9.17, 15) is 4.79 Å². The molecule has 0 aliphatic carbocycles. The van der Waals surface area contributed by atoms with Crippen molar-refractivity contribution in [1.82, 2.24) is 4.90 Å². The topological polar surface area (TPSA) is 20.3 Å². The predicted molar refractivity (Wildman–Crippen MR) is 83.6 cm³/mol. The lowest BCUT2D eigenvalue weighted by atomic mass is 10.2. The number of thioether (sulfide) groups is 2. The van der Waals surface area contributed by atoms with Crippen LogP contribution >= 0.6 is 34.9 Å². The largest absolute Gasteiger partial charge is 0.338 e. The summed E-state index contributed by atoms with van der Waals surface area (Å²) < 4.78 is 0. The lowest BCUT2D eigenvalue weighted by Crippen LogP contribution is -2.33. The first-order chi connectivity index (χ1) is 8.79. The summed E-state index contributed by atoms with van der Waals surface area (Å²) in [4.78, 5) is 15.5. The summed E-state index contributed by atoms with van der Waals surface area (Å²) in [5, 5.41) is 2.59. The van der Waals surface area contributed by atoms with Crippen LogP contribution < -0.4 is 0 Å². The predicted octanol–water partition coefficient (Wildman–Crippen LogP) is 3.34. The summed E-state index contributed by atoms with van der Waals surface area (Å²) in [7, 11) is 0. The second-order valence-corrected chi connectivity index (χ2v) is 7.85. The Bertz CT molecular complexity index is 360. The lowest BCUT2D eigenvalue weighted by molar-refractivity contribution is -0.131. The highest BCUT2D eigenvalue weighted by Crippen LogP contribution is 2.27. The SMILES string of the molecule is CCN(Cc1cccs1)C(=O)C[C@@H]1CSCCS1. The fourth-order valence-corrected chi connectivity index (χ4v) is 5.34. The third-order valence-electron chi connectivity index (χ3n) is 2.95. The van der Waals surface area contributed by atoms with E-state index in [0.29, 0.717) is 17.6 Å². The van der Waals surface area contributed by atoms with Crippen molar-refractivity contribution in [3.8, 4) is 0 Å². The van der Waals surface area contributed by atoms with Crippen LogP contribution in [0.5, 0.6) is 0 Å². The molecule has 1 amide bonds. The number of hydrogen-bond acceptors (Lipinski definition) is 4. The number of hydrogen-bond donors (Lipinski definition) is 0. The average Bonchev–Trinajstić information content (AvgIpc) is 2.90. The third kappa shape index (κ3) is 4.21. The minimum absolute atomic E-state index is 0.311. The van der Waals surface area contributed by atoms with Gasteiger partial charge >= 0.3 is 0 Å². The Morgan fingerprint density at radius 1 is 1.50 bits per heavy atom. The number of carbonyl (C=O) groups is 1. The molecule has 1 atom stereocenters. The van der Waals surface area contributed by atoms with Gasteiger partial charge in [-0.1, -0.05) is 6.07 Å². The summed E-state index contributed by atoms with van der Waals surface area (Å²) in [5.74, 6) is 3.88. The van der Waals surface area contributed by atoms with Crippen LogP contribution in [0.25, 0.3) is 0 Å². The van der Waals surface area contributed by atoms with Gasteiger partial charge in [0.2, 0.25) is 5.91 Å². The minimum atomic E-state index is 0.311. The molecule has 1 aromatic heterocycles. The molecule has 2 heterocycles. The van der Waals surface area contributed by atoms with E-state index in [1.54, 1.807) is 11.3 Å². The maximum Gasteiger partial charge on any atom is 0.224 e. The molecule has 0 radical (unpaired) electrons. The number of rotatable bonds is 5. The van der Waals surface area contributed by atoms with Crippen molar-refractivity contribution in [2.75, 3.05) is 23.8 Å². The Kier molecular flexibility index (Phi) is 5.92. The molecule has 0 aromatic carbocycles. The van der Waals surface area contributed by atoms with Gasteiger partial charge in [0.15, 0.2) is 0 Å². The average molecular weight is 302 g/mol. The van der Waals surface area contributed by atoms with Gasteiger partial charge in [-0.15, -0.1) is 11.3 Å². The molecular formula is C13H19NOS3. The molecule has 0 saturated carbocycles. The van der Waals surface area contributed by atoms with Crippen molar-refractivity contribution in [2.45, 2.75) is 25.1 Å². The summed E-state index contributed by atoms with van der Waals surface area (Å²) in [6.07, 6.45) is 0.705. The normalized spacial score (nSPS) is 19.7. The Hall–Kier alpha value is -0.130. The van der Waals surface area contributed by atoms with Gasteiger partial charge in [0.25, 0.3) is 0 Å². The van der Waals surface area contributed by atoms with Gasteiger partial charge in [-0.05, 0) is 18.4 Å². The van der Waals surface area contributed by atoms with Crippen molar-refractivity contribution in [1.29, 1.82) is 0 Å². The van der Waals surface area contributed by atoms with E-state index >= 15 is 0 Å². The van der Waals surface area contributed by atoms with Crippen LogP contribution in [0.1, 0.15) is 18.2 Å². The zero-order valence-electron chi connectivity index (χ0n) is 10.6. The number of carbonyl (C=O) groups excluding carboxylic acids is 1. The van der Waals surface area contributed by atoms with Gasteiger partial charge < -0.3 is 4.90 Å². The second kappa shape index (κ2) is 7.46. The van der Waals surface area contributed by atoms with Gasteiger partial charge in [-0.3, -0.25) is 4.79 Å². The number of nitrogens with zero attached hydrogens (tertiary/aromatic N) is 1. The fourth-order valence-electron chi connectivity index (χ4n) is 1.95. The molecule has 1 aliphatic rings. The molecule has 1 aromatic rings. The van der Waals surface area contributed by atoms with E-state index in [4.69, 9.17) is 0 Å². The van der Waals surface area contributed by atoms with Crippen molar-refractivity contribution in [2.24, 2.45) is 0 Å². The fraction of sp³-hybridized carbons (Fsp3) is 0.615. The Balaban J connectivity index is 1.84. The molecule has 5 heteroatoms. The molecule has 1 saturated heterocycles. The smallest absolute Gasteiger partial charge is 0.224 e. The first-order valence-corrected chi connectivity index (χ1v) is 9.37. The molecule has 0 bridgehead atoms. The van der Waals surface area contributed by atoms with E-state index in [1.165, 1.54) is 16.4 Å². The highest BCUT2D eigenvalue weighted by Gasteiger charge is 2.21. The zero-order valence-corrected chi connectivity index (χ0v) is 13.1. The first kappa shape index (κ1) is 14.3. The molecule has 100 valence electrons. The molecule has 0 spiro atoms. The van der Waals surface area contributed by atoms with Crippen LogP contribution in [0.15, 0.2) is 17.5 Å². The minimum Gasteiger partial charge on any atom is -0.338 e. The molecule has 18 heavy (non-hydrogen) atoms. The van der Waals surface area contributed by atoms with Crippen LogP contribution in [0.3, 0.4) is 0 Å². The van der Waals surface area contributed by atoms with Crippen molar-refractivity contribution in [3.05, 3.63) is 22.4 Å². The molecule has 0 unspecified atom stereocenters. The highest BCUT2D eigenvalue weighted by atomic mass is 32.2. The Labute approximate surface area is 122 Å². The summed E-state index contributed by atoms with van der Waals surface area (Å²) >= 11 is 5.67. The summed E-state index contributed by atoms with van der Waals surface area (Å²) in [6.45, 7) is 3.65. The van der Waals surface area contributed by atoms with Gasteiger partial charge in [0.05, 0.1) is 6.54 Å². The zero-order chi connectivity index (χ0) is 12.8. The van der Waals surface area contributed by atoms with Crippen LogP contribution in [0, 0.1) is 0 Å².